The maximum Gasteiger partial charge on any atom is 0.301 e. The van der Waals surface area contributed by atoms with Gasteiger partial charge in [0.05, 0.1) is 6.10 Å². The number of nitrogens with zero attached hydrogens (tertiary/aromatic N) is 1. The first-order valence-corrected chi connectivity index (χ1v) is 7.39. The van der Waals surface area contributed by atoms with Crippen molar-refractivity contribution in [2.24, 2.45) is 0 Å². The molecule has 1 N–H and O–H groups in total. The minimum absolute atomic E-state index is 0.0503. The molecule has 0 aliphatic heterocycles. The molecular weight excluding hydrogens is 228 g/mol. The fourth-order valence-electron chi connectivity index (χ4n) is 1.70. The maximum atomic E-state index is 11.7. The summed E-state index contributed by atoms with van der Waals surface area (Å²) in [7, 11) is -1.89. The minimum atomic E-state index is -3.46. The molecule has 1 fully saturated rings. The molecule has 0 amide bonds. The third-order valence-electron chi connectivity index (χ3n) is 2.86. The Kier molecular flexibility index (Phi) is 5.68. The normalized spacial score (nSPS) is 18.4. The Morgan fingerprint density at radius 2 is 2.00 bits per heavy atom. The number of hydrogen-bond donors (Lipinski definition) is 1. The van der Waals surface area contributed by atoms with Gasteiger partial charge in [-0.25, -0.2) is 0 Å². The highest BCUT2D eigenvalue weighted by Gasteiger charge is 2.21. The van der Waals surface area contributed by atoms with Crippen molar-refractivity contribution in [3.63, 3.8) is 0 Å². The van der Waals surface area contributed by atoms with Crippen molar-refractivity contribution in [3.05, 3.63) is 0 Å². The standard InChI is InChI=1S/C10H22N2O3S/c1-3-4-9-12(2)16(13,14)11-15-10-7-5-6-8-10/h10-11H,3-9H2,1-2H3. The van der Waals surface area contributed by atoms with E-state index < -0.39 is 10.2 Å². The molecule has 1 saturated carbocycles. The summed E-state index contributed by atoms with van der Waals surface area (Å²) in [5.41, 5.74) is 0. The van der Waals surface area contributed by atoms with E-state index >= 15 is 0 Å². The van der Waals surface area contributed by atoms with Crippen LogP contribution in [0.1, 0.15) is 45.4 Å². The van der Waals surface area contributed by atoms with Crippen LogP contribution in [0, 0.1) is 0 Å². The average molecular weight is 250 g/mol. The first kappa shape index (κ1) is 13.9. The Hall–Kier alpha value is -0.170. The van der Waals surface area contributed by atoms with Gasteiger partial charge in [-0.3, -0.25) is 4.84 Å². The predicted octanol–water partition coefficient (Wildman–Crippen LogP) is 1.43. The number of hydrogen-bond acceptors (Lipinski definition) is 3. The van der Waals surface area contributed by atoms with Crippen LogP contribution in [0.25, 0.3) is 0 Å². The molecule has 0 heterocycles. The molecule has 1 aliphatic carbocycles. The summed E-state index contributed by atoms with van der Waals surface area (Å²) in [6.07, 6.45) is 6.03. The number of unbranched alkanes of at least 4 members (excludes halogenated alkanes) is 1. The predicted molar refractivity (Wildman–Crippen MR) is 62.9 cm³/mol. The highest BCUT2D eigenvalue weighted by molar-refractivity contribution is 7.86. The molecule has 5 nitrogen and oxygen atoms in total. The summed E-state index contributed by atoms with van der Waals surface area (Å²) < 4.78 is 24.7. The lowest BCUT2D eigenvalue weighted by Crippen LogP contribution is -2.40. The Balaban J connectivity index is 2.32. The Morgan fingerprint density at radius 3 is 2.56 bits per heavy atom. The van der Waals surface area contributed by atoms with E-state index in [0.717, 1.165) is 38.5 Å². The summed E-state index contributed by atoms with van der Waals surface area (Å²) in [6, 6.07) is 0. The Morgan fingerprint density at radius 1 is 1.38 bits per heavy atom. The molecule has 6 heteroatoms. The van der Waals surface area contributed by atoms with Gasteiger partial charge in [0.15, 0.2) is 0 Å². The topological polar surface area (TPSA) is 58.6 Å². The molecule has 1 rings (SSSR count). The van der Waals surface area contributed by atoms with Gasteiger partial charge in [-0.2, -0.15) is 12.7 Å². The molecule has 0 bridgehead atoms. The van der Waals surface area contributed by atoms with E-state index in [1.165, 1.54) is 4.31 Å². The monoisotopic (exact) mass is 250 g/mol. The van der Waals surface area contributed by atoms with Gasteiger partial charge < -0.3 is 0 Å². The second-order valence-electron chi connectivity index (χ2n) is 4.29. The van der Waals surface area contributed by atoms with Gasteiger partial charge >= 0.3 is 10.2 Å². The molecule has 0 spiro atoms. The van der Waals surface area contributed by atoms with Crippen molar-refractivity contribution in [2.75, 3.05) is 13.6 Å². The first-order valence-electron chi connectivity index (χ1n) is 5.95. The molecule has 0 radical (unpaired) electrons. The van der Waals surface area contributed by atoms with E-state index in [0.29, 0.717) is 6.54 Å². The van der Waals surface area contributed by atoms with Crippen molar-refractivity contribution < 1.29 is 13.3 Å². The van der Waals surface area contributed by atoms with Crippen molar-refractivity contribution in [3.8, 4) is 0 Å². The Bertz CT molecular complexity index is 286. The van der Waals surface area contributed by atoms with Gasteiger partial charge in [-0.05, 0) is 19.3 Å². The van der Waals surface area contributed by atoms with Crippen molar-refractivity contribution in [1.29, 1.82) is 0 Å². The highest BCUT2D eigenvalue weighted by Crippen LogP contribution is 2.20. The molecule has 0 saturated heterocycles. The molecule has 0 atom stereocenters. The zero-order chi connectivity index (χ0) is 12.0. The van der Waals surface area contributed by atoms with Crippen LogP contribution in [0.15, 0.2) is 0 Å². The van der Waals surface area contributed by atoms with E-state index in [4.69, 9.17) is 4.84 Å². The van der Waals surface area contributed by atoms with Crippen LogP contribution >= 0.6 is 0 Å². The lowest BCUT2D eigenvalue weighted by atomic mass is 10.3. The number of nitrogens with one attached hydrogen (secondary N) is 1. The summed E-state index contributed by atoms with van der Waals surface area (Å²) >= 11 is 0. The summed E-state index contributed by atoms with van der Waals surface area (Å²) in [6.45, 7) is 2.56. The lowest BCUT2D eigenvalue weighted by molar-refractivity contribution is 0.0194. The molecule has 1 aliphatic rings. The summed E-state index contributed by atoms with van der Waals surface area (Å²) in [5.74, 6) is 0. The van der Waals surface area contributed by atoms with Gasteiger partial charge in [0.1, 0.15) is 0 Å². The average Bonchev–Trinajstić information content (AvgIpc) is 2.76. The highest BCUT2D eigenvalue weighted by atomic mass is 32.2. The van der Waals surface area contributed by atoms with E-state index in [1.807, 2.05) is 6.92 Å². The van der Waals surface area contributed by atoms with Gasteiger partial charge in [0, 0.05) is 13.6 Å². The van der Waals surface area contributed by atoms with Crippen molar-refractivity contribution >= 4 is 10.2 Å². The third kappa shape index (κ3) is 4.37. The SMILES string of the molecule is CCCCN(C)S(=O)(=O)NOC1CCCC1. The second-order valence-corrected chi connectivity index (χ2v) is 6.03. The van der Waals surface area contributed by atoms with Crippen molar-refractivity contribution in [1.82, 2.24) is 9.19 Å². The van der Waals surface area contributed by atoms with Gasteiger partial charge in [0.2, 0.25) is 0 Å². The fourth-order valence-corrected chi connectivity index (χ4v) is 2.45. The first-order chi connectivity index (χ1) is 7.56. The minimum Gasteiger partial charge on any atom is -0.283 e. The van der Waals surface area contributed by atoms with Crippen LogP contribution in [0.4, 0.5) is 0 Å². The lowest BCUT2D eigenvalue weighted by Gasteiger charge is -2.18. The molecule has 0 aromatic rings. The smallest absolute Gasteiger partial charge is 0.283 e. The summed E-state index contributed by atoms with van der Waals surface area (Å²) in [4.78, 5) is 7.40. The summed E-state index contributed by atoms with van der Waals surface area (Å²) in [5, 5.41) is 0. The molecule has 96 valence electrons. The maximum absolute atomic E-state index is 11.7. The van der Waals surface area contributed by atoms with E-state index in [-0.39, 0.29) is 6.10 Å². The van der Waals surface area contributed by atoms with Crippen molar-refractivity contribution in [2.45, 2.75) is 51.6 Å². The zero-order valence-corrected chi connectivity index (χ0v) is 10.9. The fraction of sp³-hybridized carbons (Fsp3) is 1.00. The van der Waals surface area contributed by atoms with Gasteiger partial charge in [0.25, 0.3) is 0 Å². The number of rotatable bonds is 7. The third-order valence-corrected chi connectivity index (χ3v) is 4.17. The molecule has 0 unspecified atom stereocenters. The van der Waals surface area contributed by atoms with Crippen LogP contribution in [-0.2, 0) is 15.0 Å². The van der Waals surface area contributed by atoms with Crippen LogP contribution < -0.4 is 4.89 Å². The largest absolute Gasteiger partial charge is 0.301 e. The van der Waals surface area contributed by atoms with Crippen LogP contribution in [0.2, 0.25) is 0 Å². The second kappa shape index (κ2) is 6.54. The van der Waals surface area contributed by atoms with E-state index in [9.17, 15) is 8.42 Å². The molecule has 0 aromatic heterocycles. The quantitative estimate of drug-likeness (QED) is 0.695. The van der Waals surface area contributed by atoms with Crippen LogP contribution in [0.5, 0.6) is 0 Å². The van der Waals surface area contributed by atoms with E-state index in [1.54, 1.807) is 7.05 Å². The zero-order valence-electron chi connectivity index (χ0n) is 10.1. The Labute approximate surface area is 98.3 Å². The van der Waals surface area contributed by atoms with Crippen LogP contribution in [-0.4, -0.2) is 32.4 Å². The van der Waals surface area contributed by atoms with Gasteiger partial charge in [-0.15, -0.1) is 0 Å². The van der Waals surface area contributed by atoms with E-state index in [2.05, 4.69) is 4.89 Å². The molecule has 16 heavy (non-hydrogen) atoms. The van der Waals surface area contributed by atoms with Crippen LogP contribution in [0.3, 0.4) is 0 Å². The van der Waals surface area contributed by atoms with Gasteiger partial charge in [-0.1, -0.05) is 31.1 Å². The molecule has 0 aromatic carbocycles. The molecular formula is C10H22N2O3S.